The number of nitrogens with two attached hydrogens (primary N) is 2. The summed E-state index contributed by atoms with van der Waals surface area (Å²) in [5.74, 6) is 0.961. The number of alkyl halides is 3. The van der Waals surface area contributed by atoms with Crippen LogP contribution in [0.4, 0.5) is 23.8 Å². The highest BCUT2D eigenvalue weighted by Gasteiger charge is 2.56. The van der Waals surface area contributed by atoms with E-state index in [9.17, 15) is 27.6 Å². The van der Waals surface area contributed by atoms with Crippen LogP contribution in [-0.4, -0.2) is 87.5 Å². The number of amides is 3. The van der Waals surface area contributed by atoms with Gasteiger partial charge in [-0.3, -0.25) is 14.7 Å². The topological polar surface area (TPSA) is 143 Å². The number of allylic oxidation sites excluding steroid dienone is 1. The van der Waals surface area contributed by atoms with E-state index in [1.807, 2.05) is 0 Å². The Hall–Kier alpha value is -3.91. The van der Waals surface area contributed by atoms with Crippen LogP contribution >= 0.6 is 0 Å². The van der Waals surface area contributed by atoms with Gasteiger partial charge in [-0.15, -0.1) is 0 Å². The van der Waals surface area contributed by atoms with Crippen molar-refractivity contribution >= 4 is 17.8 Å². The number of nitrogens with one attached hydrogen (secondary N) is 1. The molecule has 2 aromatic rings. The lowest BCUT2D eigenvalue weighted by atomic mass is 10.0. The van der Waals surface area contributed by atoms with Gasteiger partial charge in [0.25, 0.3) is 0 Å². The lowest BCUT2D eigenvalue weighted by Crippen LogP contribution is -2.58. The summed E-state index contributed by atoms with van der Waals surface area (Å²) < 4.78 is 43.1. The number of fused-ring (bicyclic) bond motifs is 1. The molecule has 43 heavy (non-hydrogen) atoms. The average Bonchev–Trinajstić information content (AvgIpc) is 3.46. The Balaban J connectivity index is 1.22. The van der Waals surface area contributed by atoms with Crippen molar-refractivity contribution in [3.05, 3.63) is 64.3 Å². The second kappa shape index (κ2) is 11.3. The lowest BCUT2D eigenvalue weighted by molar-refractivity contribution is -0.138. The van der Waals surface area contributed by atoms with E-state index in [0.29, 0.717) is 43.1 Å². The van der Waals surface area contributed by atoms with Gasteiger partial charge >= 0.3 is 17.9 Å². The van der Waals surface area contributed by atoms with E-state index in [-0.39, 0.29) is 42.5 Å². The normalized spacial score (nSPS) is 22.3. The third kappa shape index (κ3) is 6.54. The first-order valence-corrected chi connectivity index (χ1v) is 14.2. The van der Waals surface area contributed by atoms with Crippen molar-refractivity contribution in [1.29, 1.82) is 0 Å². The number of benzene rings is 1. The minimum atomic E-state index is -4.61. The SMILES string of the molecule is C=C(N)C1C2CN(CCc3ccc(-n4ccc(NC(=O)N5CCN(C(=O)C(C)(C)N)CC5)nc4=O)cc3C(F)(F)F)CC21. The minimum absolute atomic E-state index is 0.0155. The second-order valence-corrected chi connectivity index (χ2v) is 12.2. The van der Waals surface area contributed by atoms with Gasteiger partial charge in [-0.1, -0.05) is 12.6 Å². The van der Waals surface area contributed by atoms with E-state index in [1.54, 1.807) is 18.7 Å². The fourth-order valence-corrected chi connectivity index (χ4v) is 6.20. The van der Waals surface area contributed by atoms with Crippen LogP contribution in [-0.2, 0) is 17.4 Å². The maximum absolute atomic E-state index is 14.0. The molecule has 2 aliphatic heterocycles. The van der Waals surface area contributed by atoms with Crippen LogP contribution in [0.25, 0.3) is 5.69 Å². The Morgan fingerprint density at radius 1 is 1.07 bits per heavy atom. The van der Waals surface area contributed by atoms with Crippen LogP contribution < -0.4 is 22.5 Å². The molecule has 5 rings (SSSR count). The maximum Gasteiger partial charge on any atom is 0.416 e. The van der Waals surface area contributed by atoms with Gasteiger partial charge in [0.05, 0.1) is 16.8 Å². The predicted molar refractivity (Wildman–Crippen MR) is 154 cm³/mol. The Kier molecular flexibility index (Phi) is 8.03. The fourth-order valence-electron chi connectivity index (χ4n) is 6.20. The predicted octanol–water partition coefficient (Wildman–Crippen LogP) is 1.86. The van der Waals surface area contributed by atoms with Crippen LogP contribution in [0, 0.1) is 17.8 Å². The van der Waals surface area contributed by atoms with E-state index in [0.717, 1.165) is 23.7 Å². The average molecular weight is 603 g/mol. The quantitative estimate of drug-likeness (QED) is 0.439. The van der Waals surface area contributed by atoms with E-state index in [2.05, 4.69) is 21.8 Å². The van der Waals surface area contributed by atoms with E-state index in [1.165, 1.54) is 29.3 Å². The smallest absolute Gasteiger partial charge is 0.402 e. The zero-order valence-electron chi connectivity index (χ0n) is 24.2. The number of nitrogens with zero attached hydrogens (tertiary/aromatic N) is 5. The zero-order valence-corrected chi connectivity index (χ0v) is 24.2. The summed E-state index contributed by atoms with van der Waals surface area (Å²) in [6.07, 6.45) is -3.12. The molecule has 14 heteroatoms. The number of rotatable bonds is 7. The molecule has 1 aromatic heterocycles. The van der Waals surface area contributed by atoms with Gasteiger partial charge in [-0.25, -0.2) is 9.59 Å². The molecule has 3 aliphatic rings. The molecule has 2 saturated heterocycles. The molecule has 3 amide bonds. The third-order valence-electron chi connectivity index (χ3n) is 8.52. The van der Waals surface area contributed by atoms with Crippen molar-refractivity contribution in [3.63, 3.8) is 0 Å². The van der Waals surface area contributed by atoms with Crippen molar-refractivity contribution in [2.75, 3.05) is 51.1 Å². The number of hydrogen-bond donors (Lipinski definition) is 3. The van der Waals surface area contributed by atoms with Gasteiger partial charge in [0.1, 0.15) is 5.82 Å². The third-order valence-corrected chi connectivity index (χ3v) is 8.52. The highest BCUT2D eigenvalue weighted by atomic mass is 19.4. The molecule has 232 valence electrons. The molecule has 1 aliphatic carbocycles. The first kappa shape index (κ1) is 30.5. The Bertz CT molecular complexity index is 1460. The van der Waals surface area contributed by atoms with Crippen LogP contribution in [0.3, 0.4) is 0 Å². The number of aromatic nitrogens is 2. The number of carbonyl (C=O) groups is 2. The monoisotopic (exact) mass is 602 g/mol. The van der Waals surface area contributed by atoms with E-state index < -0.39 is 29.0 Å². The Morgan fingerprint density at radius 2 is 1.70 bits per heavy atom. The largest absolute Gasteiger partial charge is 0.416 e. The summed E-state index contributed by atoms with van der Waals surface area (Å²) in [6.45, 7) is 10.3. The summed E-state index contributed by atoms with van der Waals surface area (Å²) in [7, 11) is 0. The minimum Gasteiger partial charge on any atom is -0.402 e. The maximum atomic E-state index is 14.0. The molecular weight excluding hydrogens is 565 g/mol. The van der Waals surface area contributed by atoms with Crippen molar-refractivity contribution in [2.45, 2.75) is 32.0 Å². The van der Waals surface area contributed by atoms with Crippen LogP contribution in [0.1, 0.15) is 25.0 Å². The zero-order chi connectivity index (χ0) is 31.3. The van der Waals surface area contributed by atoms with Gasteiger partial charge in [0, 0.05) is 63.6 Å². The number of carbonyl (C=O) groups excluding carboxylic acids is 2. The lowest BCUT2D eigenvalue weighted by Gasteiger charge is -2.37. The summed E-state index contributed by atoms with van der Waals surface area (Å²) in [6, 6.07) is 4.66. The molecular formula is C29H37F3N8O3. The van der Waals surface area contributed by atoms with Crippen molar-refractivity contribution in [3.8, 4) is 5.69 Å². The molecule has 1 aromatic carbocycles. The summed E-state index contributed by atoms with van der Waals surface area (Å²) in [4.78, 5) is 47.0. The summed E-state index contributed by atoms with van der Waals surface area (Å²) in [5, 5.41) is 2.55. The van der Waals surface area contributed by atoms with Crippen LogP contribution in [0.2, 0.25) is 0 Å². The fraction of sp³-hybridized carbons (Fsp3) is 0.517. The second-order valence-electron chi connectivity index (χ2n) is 12.2. The van der Waals surface area contributed by atoms with E-state index in [4.69, 9.17) is 11.5 Å². The number of urea groups is 1. The number of likely N-dealkylation sites (tertiary alicyclic amines) is 1. The molecule has 0 bridgehead atoms. The molecule has 3 fully saturated rings. The molecule has 3 heterocycles. The van der Waals surface area contributed by atoms with Gasteiger partial charge in [-0.05, 0) is 55.9 Å². The molecule has 0 radical (unpaired) electrons. The summed E-state index contributed by atoms with van der Waals surface area (Å²) in [5.41, 5.74) is 9.89. The van der Waals surface area contributed by atoms with Gasteiger partial charge in [0.15, 0.2) is 0 Å². The molecule has 11 nitrogen and oxygen atoms in total. The van der Waals surface area contributed by atoms with E-state index >= 15 is 0 Å². The van der Waals surface area contributed by atoms with Gasteiger partial charge < -0.3 is 26.2 Å². The van der Waals surface area contributed by atoms with Crippen molar-refractivity contribution in [2.24, 2.45) is 29.2 Å². The first-order valence-electron chi connectivity index (χ1n) is 14.2. The molecule has 1 saturated carbocycles. The highest BCUT2D eigenvalue weighted by molar-refractivity contribution is 5.89. The molecule has 2 atom stereocenters. The number of piperidine rings is 1. The standard InChI is InChI=1S/C29H37F3N8O3/c1-17(33)24-20-15-37(16-21(20)24)8-6-18-4-5-19(14-22(18)29(30,31)32)40-9-7-23(36-27(40)43)35-26(42)39-12-10-38(11-13-39)25(41)28(2,3)34/h4-5,7,9,14,20-21,24H,1,6,8,10-13,15-16,33-34H2,2-3H3,(H,35,36,42,43). The number of anilines is 1. The van der Waals surface area contributed by atoms with Gasteiger partial charge in [-0.2, -0.15) is 18.2 Å². The Morgan fingerprint density at radius 3 is 2.26 bits per heavy atom. The van der Waals surface area contributed by atoms with Crippen LogP contribution in [0.15, 0.2) is 47.5 Å². The molecule has 0 spiro atoms. The first-order chi connectivity index (χ1) is 20.1. The number of piperazine rings is 1. The summed E-state index contributed by atoms with van der Waals surface area (Å²) >= 11 is 0. The van der Waals surface area contributed by atoms with Crippen molar-refractivity contribution in [1.82, 2.24) is 24.3 Å². The Labute approximate surface area is 247 Å². The molecule has 5 N–H and O–H groups in total. The van der Waals surface area contributed by atoms with Gasteiger partial charge in [0.2, 0.25) is 5.91 Å². The van der Waals surface area contributed by atoms with Crippen molar-refractivity contribution < 1.29 is 22.8 Å². The number of halogens is 3. The highest BCUT2D eigenvalue weighted by Crippen LogP contribution is 2.53. The van der Waals surface area contributed by atoms with Crippen LogP contribution in [0.5, 0.6) is 0 Å². The molecule has 2 unspecified atom stereocenters. The number of hydrogen-bond acceptors (Lipinski definition) is 7.